The molecule has 2 fully saturated rings. The predicted octanol–water partition coefficient (Wildman–Crippen LogP) is -1.42. The highest BCUT2D eigenvalue weighted by Gasteiger charge is 2.56. The molecule has 1 unspecified atom stereocenters. The lowest BCUT2D eigenvalue weighted by Gasteiger charge is -2.41. The van der Waals surface area contributed by atoms with Crippen molar-refractivity contribution in [2.75, 3.05) is 20.2 Å². The summed E-state index contributed by atoms with van der Waals surface area (Å²) < 4.78 is 29.6. The summed E-state index contributed by atoms with van der Waals surface area (Å²) in [6.45, 7) is 5.57. The van der Waals surface area contributed by atoms with Crippen LogP contribution in [0.5, 0.6) is 0 Å². The molecular weight excluding hydrogens is 620 g/mol. The number of ether oxygens (including phenoxy) is 5. The quantitative estimate of drug-likeness (QED) is 0.197. The first-order chi connectivity index (χ1) is 16.6. The Labute approximate surface area is 237 Å². The average molecular weight is 654 g/mol. The van der Waals surface area contributed by atoms with Gasteiger partial charge in [-0.2, -0.15) is 4.57 Å². The number of esters is 4. The van der Waals surface area contributed by atoms with Gasteiger partial charge < -0.3 is 40.7 Å². The van der Waals surface area contributed by atoms with E-state index in [1.54, 1.807) is 10.8 Å². The monoisotopic (exact) mass is 652 g/mol. The molecule has 3 rings (SSSR count). The summed E-state index contributed by atoms with van der Waals surface area (Å²) in [5.74, 6) is -2.52. The number of halogens is 2. The first-order valence-corrected chi connectivity index (χ1v) is 11.6. The topological polar surface area (TPSA) is 122 Å². The largest absolute Gasteiger partial charge is 1.00 e. The van der Waals surface area contributed by atoms with Crippen molar-refractivity contribution >= 4 is 40.9 Å². The van der Waals surface area contributed by atoms with E-state index in [-0.39, 0.29) is 46.6 Å². The van der Waals surface area contributed by atoms with Crippen LogP contribution in [0.2, 0.25) is 0 Å². The minimum Gasteiger partial charge on any atom is -1.00 e. The minimum atomic E-state index is -1.20. The molecule has 0 aromatic carbocycles. The van der Waals surface area contributed by atoms with E-state index in [9.17, 15) is 19.2 Å². The molecular formula is C24H34Br2N2O9. The number of aromatic nitrogens is 1. The van der Waals surface area contributed by atoms with Gasteiger partial charge in [0.05, 0.1) is 0 Å². The third-order valence-electron chi connectivity index (χ3n) is 6.01. The van der Waals surface area contributed by atoms with Crippen molar-refractivity contribution in [1.29, 1.82) is 0 Å². The molecule has 13 heteroatoms. The standard InChI is InChI=1S/C24H33N2O9.2BrH/c1-14(27)31-13-20-21(32-15(2)28)22(33-16(3)29)23(34-17(4)30)24(35-20)26-11-6-8-18(12-26)19-9-7-10-25(19)5;;/h6,8,11-12,19-24H,7,9-10,13H2,1-5H3;2*1H/q+1;;/p-1/t19?,20-,21-,22+,23-,24-;;/m1../s1. The number of carbonyl (C=O) groups is 4. The molecule has 2 aliphatic heterocycles. The van der Waals surface area contributed by atoms with Crippen molar-refractivity contribution in [2.45, 2.75) is 77.2 Å². The molecule has 11 nitrogen and oxygen atoms in total. The van der Waals surface area contributed by atoms with Crippen molar-refractivity contribution in [3.05, 3.63) is 30.1 Å². The van der Waals surface area contributed by atoms with E-state index in [0.29, 0.717) is 0 Å². The third-order valence-corrected chi connectivity index (χ3v) is 6.01. The Hall–Kier alpha value is -2.09. The highest BCUT2D eigenvalue weighted by atomic mass is 79.9. The Bertz CT molecular complexity index is 964. The van der Waals surface area contributed by atoms with Crippen LogP contribution in [0.25, 0.3) is 0 Å². The molecule has 2 saturated heterocycles. The van der Waals surface area contributed by atoms with Crippen molar-refractivity contribution in [2.24, 2.45) is 0 Å². The Morgan fingerprint density at radius 1 is 0.973 bits per heavy atom. The van der Waals surface area contributed by atoms with E-state index in [4.69, 9.17) is 23.7 Å². The molecule has 37 heavy (non-hydrogen) atoms. The van der Waals surface area contributed by atoms with Gasteiger partial charge in [-0.05, 0) is 32.5 Å². The second kappa shape index (κ2) is 14.7. The van der Waals surface area contributed by atoms with E-state index < -0.39 is 54.5 Å². The molecule has 2 aliphatic rings. The van der Waals surface area contributed by atoms with Crippen LogP contribution in [0.15, 0.2) is 24.5 Å². The van der Waals surface area contributed by atoms with Crippen LogP contribution in [0.1, 0.15) is 58.4 Å². The van der Waals surface area contributed by atoms with Crippen LogP contribution >= 0.6 is 17.0 Å². The average Bonchev–Trinajstić information content (AvgIpc) is 3.20. The Morgan fingerprint density at radius 2 is 1.57 bits per heavy atom. The molecule has 0 N–H and O–H groups in total. The van der Waals surface area contributed by atoms with Crippen LogP contribution in [-0.2, 0) is 42.9 Å². The number of hydrogen-bond acceptors (Lipinski definition) is 10. The van der Waals surface area contributed by atoms with Crippen LogP contribution in [0.3, 0.4) is 0 Å². The van der Waals surface area contributed by atoms with E-state index in [1.165, 1.54) is 27.7 Å². The van der Waals surface area contributed by atoms with Gasteiger partial charge in [0.25, 0.3) is 0 Å². The van der Waals surface area contributed by atoms with E-state index >= 15 is 0 Å². The number of pyridine rings is 1. The zero-order valence-electron chi connectivity index (χ0n) is 21.5. The summed E-state index contributed by atoms with van der Waals surface area (Å²) >= 11 is 0. The summed E-state index contributed by atoms with van der Waals surface area (Å²) in [6, 6.07) is 4.08. The maximum Gasteiger partial charge on any atom is 0.304 e. The molecule has 0 aliphatic carbocycles. The second-order valence-electron chi connectivity index (χ2n) is 8.81. The normalized spacial score (nSPS) is 27.2. The van der Waals surface area contributed by atoms with E-state index in [2.05, 4.69) is 11.9 Å². The number of hydrogen-bond donors (Lipinski definition) is 0. The predicted molar refractivity (Wildman–Crippen MR) is 129 cm³/mol. The summed E-state index contributed by atoms with van der Waals surface area (Å²) in [5.41, 5.74) is 1.04. The number of nitrogens with zero attached hydrogens (tertiary/aromatic N) is 2. The lowest BCUT2D eigenvalue weighted by molar-refractivity contribution is -0.777. The lowest BCUT2D eigenvalue weighted by atomic mass is 9.96. The van der Waals surface area contributed by atoms with Gasteiger partial charge in [0, 0.05) is 45.4 Å². The zero-order valence-corrected chi connectivity index (χ0v) is 24.8. The minimum absolute atomic E-state index is 0. The number of carbonyl (C=O) groups excluding carboxylic acids is 4. The maximum atomic E-state index is 12.1. The van der Waals surface area contributed by atoms with Crippen molar-refractivity contribution in [1.82, 2.24) is 4.90 Å². The molecule has 208 valence electrons. The molecule has 0 amide bonds. The highest BCUT2D eigenvalue weighted by molar-refractivity contribution is 8.93. The fraction of sp³-hybridized carbons (Fsp3) is 0.625. The first-order valence-electron chi connectivity index (χ1n) is 11.6. The van der Waals surface area contributed by atoms with Gasteiger partial charge in [-0.1, -0.05) is 0 Å². The fourth-order valence-electron chi connectivity index (χ4n) is 4.64. The van der Waals surface area contributed by atoms with E-state index in [0.717, 1.165) is 24.9 Å². The Morgan fingerprint density at radius 3 is 2.11 bits per heavy atom. The zero-order chi connectivity index (χ0) is 25.7. The summed E-state index contributed by atoms with van der Waals surface area (Å²) in [4.78, 5) is 49.7. The summed E-state index contributed by atoms with van der Waals surface area (Å²) in [7, 11) is 2.06. The molecule has 0 bridgehead atoms. The van der Waals surface area contributed by atoms with Crippen molar-refractivity contribution in [3.8, 4) is 0 Å². The molecule has 3 heterocycles. The summed E-state index contributed by atoms with van der Waals surface area (Å²) in [5, 5.41) is 0. The van der Waals surface area contributed by atoms with Gasteiger partial charge in [-0.3, -0.25) is 24.1 Å². The molecule has 0 spiro atoms. The van der Waals surface area contributed by atoms with Gasteiger partial charge in [0.1, 0.15) is 12.7 Å². The summed E-state index contributed by atoms with van der Waals surface area (Å²) in [6.07, 6.45) is 0.250. The van der Waals surface area contributed by atoms with Crippen LogP contribution in [0.4, 0.5) is 0 Å². The lowest BCUT2D eigenvalue weighted by Crippen LogP contribution is -3.00. The molecule has 6 atom stereocenters. The highest BCUT2D eigenvalue weighted by Crippen LogP contribution is 2.33. The van der Waals surface area contributed by atoms with Crippen LogP contribution < -0.4 is 21.5 Å². The van der Waals surface area contributed by atoms with Crippen LogP contribution in [0, 0.1) is 0 Å². The molecule has 0 saturated carbocycles. The van der Waals surface area contributed by atoms with Crippen molar-refractivity contribution < 1.29 is 64.4 Å². The van der Waals surface area contributed by atoms with Gasteiger partial charge in [-0.25, -0.2) is 0 Å². The maximum absolute atomic E-state index is 12.1. The molecule has 1 aromatic rings. The molecule has 0 radical (unpaired) electrons. The Balaban J connectivity index is 0.00000342. The smallest absolute Gasteiger partial charge is 0.304 e. The van der Waals surface area contributed by atoms with Gasteiger partial charge in [0.15, 0.2) is 24.6 Å². The van der Waals surface area contributed by atoms with Gasteiger partial charge in [0.2, 0.25) is 6.10 Å². The van der Waals surface area contributed by atoms with Gasteiger partial charge >= 0.3 is 30.1 Å². The second-order valence-corrected chi connectivity index (χ2v) is 8.81. The van der Waals surface area contributed by atoms with E-state index in [1.807, 2.05) is 18.3 Å². The first kappa shape index (κ1) is 32.9. The third kappa shape index (κ3) is 8.72. The number of rotatable bonds is 7. The van der Waals surface area contributed by atoms with Gasteiger partial charge in [-0.15, -0.1) is 17.0 Å². The van der Waals surface area contributed by atoms with Crippen molar-refractivity contribution in [3.63, 3.8) is 0 Å². The Kier molecular flexibility index (Phi) is 13.1. The fourth-order valence-corrected chi connectivity index (χ4v) is 4.64. The van der Waals surface area contributed by atoms with Crippen LogP contribution in [-0.4, -0.2) is 73.4 Å². The molecule has 1 aromatic heterocycles. The SMILES string of the molecule is Br.CC(=O)OC[C@H]1O[C@@H]([n+]2cccc(C3CCCN3C)c2)[C@H](OC(C)=O)[C@@H](OC(C)=O)[C@@H]1OC(C)=O.[Br-]. The number of likely N-dealkylation sites (tertiary alicyclic amines) is 1.